The minimum absolute atomic E-state index is 0.0523. The van der Waals surface area contributed by atoms with Crippen LogP contribution in [0.15, 0.2) is 33.3 Å². The number of benzene rings is 1. The average molecular weight is 337 g/mol. The van der Waals surface area contributed by atoms with Crippen molar-refractivity contribution < 1.29 is 9.32 Å². The van der Waals surface area contributed by atoms with Crippen molar-refractivity contribution in [1.29, 1.82) is 0 Å². The van der Waals surface area contributed by atoms with E-state index < -0.39 is 0 Å². The molecular weight excluding hydrogens is 320 g/mol. The summed E-state index contributed by atoms with van der Waals surface area (Å²) in [6.07, 6.45) is 0.685. The Morgan fingerprint density at radius 3 is 2.60 bits per heavy atom. The van der Waals surface area contributed by atoms with Gasteiger partial charge in [-0.25, -0.2) is 0 Å². The summed E-state index contributed by atoms with van der Waals surface area (Å²) in [6, 6.07) is 7.93. The van der Waals surface area contributed by atoms with Crippen molar-refractivity contribution in [3.05, 3.63) is 51.3 Å². The quantitative estimate of drug-likeness (QED) is 0.857. The number of rotatable bonds is 4. The topological polar surface area (TPSA) is 46.3 Å². The van der Waals surface area contributed by atoms with Crippen LogP contribution in [0.1, 0.15) is 34.3 Å². The van der Waals surface area contributed by atoms with E-state index in [0.717, 1.165) is 15.7 Å². The molecule has 1 heterocycles. The molecule has 1 aromatic heterocycles. The first-order chi connectivity index (χ1) is 9.52. The molecule has 0 aliphatic rings. The van der Waals surface area contributed by atoms with Crippen molar-refractivity contribution in [1.82, 2.24) is 10.1 Å². The van der Waals surface area contributed by atoms with Gasteiger partial charge in [-0.3, -0.25) is 4.79 Å². The summed E-state index contributed by atoms with van der Waals surface area (Å²) in [5, 5.41) is 3.93. The van der Waals surface area contributed by atoms with Gasteiger partial charge in [0.15, 0.2) is 0 Å². The third-order valence-corrected chi connectivity index (χ3v) is 3.69. The van der Waals surface area contributed by atoms with Gasteiger partial charge in [0.1, 0.15) is 11.3 Å². The lowest BCUT2D eigenvalue weighted by Gasteiger charge is -2.17. The molecule has 20 heavy (non-hydrogen) atoms. The van der Waals surface area contributed by atoms with E-state index in [4.69, 9.17) is 4.52 Å². The van der Waals surface area contributed by atoms with Gasteiger partial charge in [-0.2, -0.15) is 0 Å². The molecule has 0 fully saturated rings. The molecule has 1 aromatic carbocycles. The average Bonchev–Trinajstić information content (AvgIpc) is 2.81. The molecule has 0 bridgehead atoms. The molecule has 4 nitrogen and oxygen atoms in total. The molecule has 0 N–H and O–H groups in total. The second-order valence-corrected chi connectivity index (χ2v) is 5.62. The molecule has 5 heteroatoms. The zero-order valence-corrected chi connectivity index (χ0v) is 13.4. The summed E-state index contributed by atoms with van der Waals surface area (Å²) in [6.45, 7) is 4.29. The smallest absolute Gasteiger partial charge is 0.259 e. The number of aromatic nitrogens is 1. The Labute approximate surface area is 126 Å². The zero-order chi connectivity index (χ0) is 14.7. The fourth-order valence-corrected chi connectivity index (χ4v) is 2.32. The number of hydrogen-bond acceptors (Lipinski definition) is 3. The lowest BCUT2D eigenvalue weighted by molar-refractivity contribution is 0.0782. The Kier molecular flexibility index (Phi) is 4.60. The molecule has 0 aliphatic heterocycles. The van der Waals surface area contributed by atoms with Crippen LogP contribution in [0.25, 0.3) is 0 Å². The van der Waals surface area contributed by atoms with Gasteiger partial charge >= 0.3 is 0 Å². The highest BCUT2D eigenvalue weighted by Gasteiger charge is 2.22. The lowest BCUT2D eigenvalue weighted by Crippen LogP contribution is -2.27. The van der Waals surface area contributed by atoms with Gasteiger partial charge in [-0.1, -0.05) is 40.1 Å². The highest BCUT2D eigenvalue weighted by molar-refractivity contribution is 9.10. The van der Waals surface area contributed by atoms with Crippen LogP contribution in [0.2, 0.25) is 0 Å². The first kappa shape index (κ1) is 14.8. The predicted molar refractivity (Wildman–Crippen MR) is 80.6 cm³/mol. The number of aryl methyl sites for hydroxylation is 2. The molecule has 0 radical (unpaired) electrons. The van der Waals surface area contributed by atoms with Crippen LogP contribution in [0.4, 0.5) is 0 Å². The Hall–Kier alpha value is -1.62. The number of carbonyl (C=O) groups is 1. The van der Waals surface area contributed by atoms with E-state index in [0.29, 0.717) is 24.3 Å². The summed E-state index contributed by atoms with van der Waals surface area (Å²) in [4.78, 5) is 14.2. The third kappa shape index (κ3) is 3.10. The van der Waals surface area contributed by atoms with Gasteiger partial charge in [-0.05, 0) is 31.0 Å². The first-order valence-corrected chi connectivity index (χ1v) is 7.27. The zero-order valence-electron chi connectivity index (χ0n) is 11.8. The van der Waals surface area contributed by atoms with Crippen LogP contribution in [-0.2, 0) is 13.0 Å². The summed E-state index contributed by atoms with van der Waals surface area (Å²) in [7, 11) is 1.79. The highest BCUT2D eigenvalue weighted by atomic mass is 79.9. The number of amides is 1. The minimum Gasteiger partial charge on any atom is -0.361 e. The molecule has 0 saturated heterocycles. The van der Waals surface area contributed by atoms with Gasteiger partial charge < -0.3 is 9.42 Å². The summed E-state index contributed by atoms with van der Waals surface area (Å²) < 4.78 is 6.15. The van der Waals surface area contributed by atoms with Crippen LogP contribution in [0.5, 0.6) is 0 Å². The Bertz CT molecular complexity index is 605. The third-order valence-electron chi connectivity index (χ3n) is 3.16. The molecule has 2 aromatic rings. The van der Waals surface area contributed by atoms with E-state index in [2.05, 4.69) is 21.1 Å². The molecule has 0 saturated carbocycles. The van der Waals surface area contributed by atoms with Crippen molar-refractivity contribution in [2.24, 2.45) is 0 Å². The molecule has 2 rings (SSSR count). The van der Waals surface area contributed by atoms with Crippen LogP contribution in [-0.4, -0.2) is 23.0 Å². The fourth-order valence-electron chi connectivity index (χ4n) is 2.06. The lowest BCUT2D eigenvalue weighted by atomic mass is 10.1. The number of hydrogen-bond donors (Lipinski definition) is 0. The van der Waals surface area contributed by atoms with Gasteiger partial charge in [0.25, 0.3) is 5.91 Å². The van der Waals surface area contributed by atoms with E-state index in [1.807, 2.05) is 31.2 Å². The van der Waals surface area contributed by atoms with E-state index in [1.54, 1.807) is 18.9 Å². The van der Waals surface area contributed by atoms with Crippen LogP contribution in [0.3, 0.4) is 0 Å². The molecule has 0 aliphatic carbocycles. The number of carbonyl (C=O) groups excluding carboxylic acids is 1. The SMILES string of the molecule is CCc1noc(C)c1C(=O)N(C)Cc1ccc(Br)cc1. The normalized spacial score (nSPS) is 10.6. The molecule has 0 unspecified atom stereocenters. The summed E-state index contributed by atoms with van der Waals surface area (Å²) in [5.74, 6) is 0.526. The summed E-state index contributed by atoms with van der Waals surface area (Å²) >= 11 is 3.40. The largest absolute Gasteiger partial charge is 0.361 e. The van der Waals surface area contributed by atoms with Crippen molar-refractivity contribution in [2.75, 3.05) is 7.05 Å². The highest BCUT2D eigenvalue weighted by Crippen LogP contribution is 2.18. The number of halogens is 1. The monoisotopic (exact) mass is 336 g/mol. The standard InChI is InChI=1S/C15H17BrN2O2/c1-4-13-14(10(2)20-17-13)15(19)18(3)9-11-5-7-12(16)8-6-11/h5-8H,4,9H2,1-3H3. The Morgan fingerprint density at radius 1 is 1.35 bits per heavy atom. The predicted octanol–water partition coefficient (Wildman–Crippen LogP) is 3.58. The van der Waals surface area contributed by atoms with Gasteiger partial charge in [0.05, 0.1) is 5.69 Å². The van der Waals surface area contributed by atoms with Crippen LogP contribution in [0, 0.1) is 6.92 Å². The van der Waals surface area contributed by atoms with Crippen molar-refractivity contribution in [3.63, 3.8) is 0 Å². The van der Waals surface area contributed by atoms with Crippen molar-refractivity contribution >= 4 is 21.8 Å². The molecule has 0 spiro atoms. The van der Waals surface area contributed by atoms with Crippen LogP contribution < -0.4 is 0 Å². The van der Waals surface area contributed by atoms with Crippen LogP contribution >= 0.6 is 15.9 Å². The van der Waals surface area contributed by atoms with Gasteiger partial charge in [0, 0.05) is 18.1 Å². The first-order valence-electron chi connectivity index (χ1n) is 6.48. The maximum atomic E-state index is 12.5. The van der Waals surface area contributed by atoms with Crippen molar-refractivity contribution in [3.8, 4) is 0 Å². The number of nitrogens with zero attached hydrogens (tertiary/aromatic N) is 2. The fraction of sp³-hybridized carbons (Fsp3) is 0.333. The second kappa shape index (κ2) is 6.22. The molecular formula is C15H17BrN2O2. The minimum atomic E-state index is -0.0523. The van der Waals surface area contributed by atoms with Crippen molar-refractivity contribution in [2.45, 2.75) is 26.8 Å². The maximum absolute atomic E-state index is 12.5. The Morgan fingerprint density at radius 2 is 2.00 bits per heavy atom. The van der Waals surface area contributed by atoms with E-state index >= 15 is 0 Å². The van der Waals surface area contributed by atoms with E-state index in [-0.39, 0.29) is 5.91 Å². The summed E-state index contributed by atoms with van der Waals surface area (Å²) in [5.41, 5.74) is 2.39. The van der Waals surface area contributed by atoms with Gasteiger partial charge in [-0.15, -0.1) is 0 Å². The molecule has 106 valence electrons. The van der Waals surface area contributed by atoms with E-state index in [1.165, 1.54) is 0 Å². The van der Waals surface area contributed by atoms with Gasteiger partial charge in [0.2, 0.25) is 0 Å². The molecule has 0 atom stereocenters. The molecule has 1 amide bonds. The van der Waals surface area contributed by atoms with E-state index in [9.17, 15) is 4.79 Å². The maximum Gasteiger partial charge on any atom is 0.259 e. The second-order valence-electron chi connectivity index (χ2n) is 4.70. The Balaban J connectivity index is 2.16.